The SMILES string of the molecule is CN1CCC(CC(=O)O)CCC1=O. The third-order valence-corrected chi connectivity index (χ3v) is 2.53. The summed E-state index contributed by atoms with van der Waals surface area (Å²) in [7, 11) is 1.77. The van der Waals surface area contributed by atoms with E-state index >= 15 is 0 Å². The zero-order chi connectivity index (χ0) is 9.84. The van der Waals surface area contributed by atoms with Crippen molar-refractivity contribution in [2.45, 2.75) is 25.7 Å². The highest BCUT2D eigenvalue weighted by atomic mass is 16.4. The second-order valence-corrected chi connectivity index (χ2v) is 3.61. The van der Waals surface area contributed by atoms with Crippen molar-refractivity contribution in [2.24, 2.45) is 5.92 Å². The molecule has 0 radical (unpaired) electrons. The lowest BCUT2D eigenvalue weighted by Gasteiger charge is -2.13. The maximum absolute atomic E-state index is 11.2. The first-order valence-electron chi connectivity index (χ1n) is 4.55. The van der Waals surface area contributed by atoms with E-state index in [1.807, 2.05) is 0 Å². The van der Waals surface area contributed by atoms with Crippen LogP contribution in [-0.2, 0) is 9.59 Å². The Kier molecular flexibility index (Phi) is 3.28. The lowest BCUT2D eigenvalue weighted by molar-refractivity contribution is -0.138. The molecule has 1 N–H and O–H groups in total. The Morgan fingerprint density at radius 1 is 1.62 bits per heavy atom. The van der Waals surface area contributed by atoms with Gasteiger partial charge in [0, 0.05) is 26.4 Å². The van der Waals surface area contributed by atoms with Gasteiger partial charge in [0.1, 0.15) is 0 Å². The Balaban J connectivity index is 2.44. The van der Waals surface area contributed by atoms with Crippen LogP contribution in [0.4, 0.5) is 0 Å². The molecule has 0 aliphatic carbocycles. The molecule has 13 heavy (non-hydrogen) atoms. The van der Waals surface area contributed by atoms with Crippen molar-refractivity contribution in [3.05, 3.63) is 0 Å². The van der Waals surface area contributed by atoms with Crippen molar-refractivity contribution in [1.82, 2.24) is 4.90 Å². The molecule has 4 heteroatoms. The van der Waals surface area contributed by atoms with Gasteiger partial charge >= 0.3 is 5.97 Å². The zero-order valence-electron chi connectivity index (χ0n) is 7.82. The number of carboxylic acids is 1. The molecule has 0 spiro atoms. The zero-order valence-corrected chi connectivity index (χ0v) is 7.82. The molecule has 0 aromatic rings. The summed E-state index contributed by atoms with van der Waals surface area (Å²) in [6.07, 6.45) is 2.22. The Morgan fingerprint density at radius 2 is 2.31 bits per heavy atom. The smallest absolute Gasteiger partial charge is 0.303 e. The second kappa shape index (κ2) is 4.25. The minimum Gasteiger partial charge on any atom is -0.481 e. The molecule has 0 aromatic carbocycles. The highest BCUT2D eigenvalue weighted by molar-refractivity contribution is 5.76. The number of rotatable bonds is 2. The Morgan fingerprint density at radius 3 is 2.92 bits per heavy atom. The summed E-state index contributed by atoms with van der Waals surface area (Å²) in [6, 6.07) is 0. The van der Waals surface area contributed by atoms with E-state index in [0.29, 0.717) is 13.0 Å². The highest BCUT2D eigenvalue weighted by Crippen LogP contribution is 2.20. The van der Waals surface area contributed by atoms with Crippen molar-refractivity contribution < 1.29 is 14.7 Å². The number of hydrogen-bond acceptors (Lipinski definition) is 2. The van der Waals surface area contributed by atoms with Crippen molar-refractivity contribution in [3.8, 4) is 0 Å². The van der Waals surface area contributed by atoms with E-state index in [-0.39, 0.29) is 18.2 Å². The lowest BCUT2D eigenvalue weighted by Crippen LogP contribution is -2.25. The number of likely N-dealkylation sites (tertiary alicyclic amines) is 1. The predicted molar refractivity (Wildman–Crippen MR) is 47.2 cm³/mol. The first kappa shape index (κ1) is 10.0. The molecule has 0 bridgehead atoms. The third kappa shape index (κ3) is 3.05. The van der Waals surface area contributed by atoms with Gasteiger partial charge in [-0.1, -0.05) is 0 Å². The molecular weight excluding hydrogens is 170 g/mol. The molecule has 1 aliphatic rings. The molecule has 4 nitrogen and oxygen atoms in total. The van der Waals surface area contributed by atoms with Crippen LogP contribution in [0.1, 0.15) is 25.7 Å². The summed E-state index contributed by atoms with van der Waals surface area (Å²) >= 11 is 0. The quantitative estimate of drug-likeness (QED) is 0.689. The van der Waals surface area contributed by atoms with Crippen LogP contribution < -0.4 is 0 Å². The van der Waals surface area contributed by atoms with E-state index in [2.05, 4.69) is 0 Å². The number of aliphatic carboxylic acids is 1. The van der Waals surface area contributed by atoms with Gasteiger partial charge in [-0.15, -0.1) is 0 Å². The number of carboxylic acid groups (broad SMARTS) is 1. The van der Waals surface area contributed by atoms with Gasteiger partial charge in [0.2, 0.25) is 5.91 Å². The minimum absolute atomic E-state index is 0.132. The summed E-state index contributed by atoms with van der Waals surface area (Å²) in [5.41, 5.74) is 0. The fourth-order valence-electron chi connectivity index (χ4n) is 1.61. The maximum Gasteiger partial charge on any atom is 0.303 e. The summed E-state index contributed by atoms with van der Waals surface area (Å²) in [4.78, 5) is 23.4. The largest absolute Gasteiger partial charge is 0.481 e. The van der Waals surface area contributed by atoms with Gasteiger partial charge in [-0.3, -0.25) is 9.59 Å². The third-order valence-electron chi connectivity index (χ3n) is 2.53. The fourth-order valence-corrected chi connectivity index (χ4v) is 1.61. The van der Waals surface area contributed by atoms with E-state index in [1.165, 1.54) is 0 Å². The Bertz CT molecular complexity index is 215. The van der Waals surface area contributed by atoms with E-state index in [1.54, 1.807) is 11.9 Å². The molecular formula is C9H15NO3. The van der Waals surface area contributed by atoms with Crippen LogP contribution in [-0.4, -0.2) is 35.5 Å². The van der Waals surface area contributed by atoms with Gasteiger partial charge in [0.15, 0.2) is 0 Å². The van der Waals surface area contributed by atoms with Gasteiger partial charge in [0.05, 0.1) is 0 Å². The van der Waals surface area contributed by atoms with Gasteiger partial charge < -0.3 is 10.0 Å². The van der Waals surface area contributed by atoms with Gasteiger partial charge in [-0.25, -0.2) is 0 Å². The van der Waals surface area contributed by atoms with Crippen LogP contribution in [0.25, 0.3) is 0 Å². The monoisotopic (exact) mass is 185 g/mol. The van der Waals surface area contributed by atoms with Crippen LogP contribution in [0.15, 0.2) is 0 Å². The molecule has 74 valence electrons. The molecule has 1 aliphatic heterocycles. The number of hydrogen-bond donors (Lipinski definition) is 1. The molecule has 0 saturated carbocycles. The summed E-state index contributed by atoms with van der Waals surface area (Å²) < 4.78 is 0. The number of carbonyl (C=O) groups excluding carboxylic acids is 1. The van der Waals surface area contributed by atoms with Crippen LogP contribution in [0.3, 0.4) is 0 Å². The van der Waals surface area contributed by atoms with E-state index in [9.17, 15) is 9.59 Å². The van der Waals surface area contributed by atoms with Crippen LogP contribution in [0, 0.1) is 5.92 Å². The first-order chi connectivity index (χ1) is 6.09. The highest BCUT2D eigenvalue weighted by Gasteiger charge is 2.21. The molecule has 1 rings (SSSR count). The molecule has 1 saturated heterocycles. The topological polar surface area (TPSA) is 57.6 Å². The average Bonchev–Trinajstić information content (AvgIpc) is 2.19. The minimum atomic E-state index is -0.762. The van der Waals surface area contributed by atoms with Crippen LogP contribution in [0.2, 0.25) is 0 Å². The molecule has 1 atom stereocenters. The van der Waals surface area contributed by atoms with Gasteiger partial charge in [0.25, 0.3) is 0 Å². The van der Waals surface area contributed by atoms with Crippen molar-refractivity contribution >= 4 is 11.9 Å². The van der Waals surface area contributed by atoms with Crippen molar-refractivity contribution in [1.29, 1.82) is 0 Å². The van der Waals surface area contributed by atoms with Gasteiger partial charge in [-0.2, -0.15) is 0 Å². The van der Waals surface area contributed by atoms with E-state index < -0.39 is 5.97 Å². The molecule has 1 fully saturated rings. The standard InChI is InChI=1S/C9H15NO3/c1-10-5-4-7(6-9(12)13)2-3-8(10)11/h7H,2-6H2,1H3,(H,12,13). The van der Waals surface area contributed by atoms with Crippen molar-refractivity contribution in [2.75, 3.05) is 13.6 Å². The van der Waals surface area contributed by atoms with Crippen molar-refractivity contribution in [3.63, 3.8) is 0 Å². The first-order valence-corrected chi connectivity index (χ1v) is 4.55. The molecule has 1 unspecified atom stereocenters. The summed E-state index contributed by atoms with van der Waals surface area (Å²) in [6.45, 7) is 0.691. The summed E-state index contributed by atoms with van der Waals surface area (Å²) in [5, 5.41) is 8.59. The molecule has 1 amide bonds. The second-order valence-electron chi connectivity index (χ2n) is 3.61. The fraction of sp³-hybridized carbons (Fsp3) is 0.778. The predicted octanol–water partition coefficient (Wildman–Crippen LogP) is 0.720. The van der Waals surface area contributed by atoms with Crippen LogP contribution >= 0.6 is 0 Å². The number of nitrogens with zero attached hydrogens (tertiary/aromatic N) is 1. The molecule has 1 heterocycles. The lowest BCUT2D eigenvalue weighted by atomic mass is 9.97. The Hall–Kier alpha value is -1.06. The molecule has 0 aromatic heterocycles. The maximum atomic E-state index is 11.2. The summed E-state index contributed by atoms with van der Waals surface area (Å²) in [5.74, 6) is -0.457. The normalized spacial score (nSPS) is 24.2. The van der Waals surface area contributed by atoms with Crippen LogP contribution in [0.5, 0.6) is 0 Å². The Labute approximate surface area is 77.5 Å². The van der Waals surface area contributed by atoms with Gasteiger partial charge in [-0.05, 0) is 18.8 Å². The van der Waals surface area contributed by atoms with E-state index in [0.717, 1.165) is 12.8 Å². The number of carbonyl (C=O) groups is 2. The van der Waals surface area contributed by atoms with E-state index in [4.69, 9.17) is 5.11 Å². The average molecular weight is 185 g/mol. The number of amides is 1.